The van der Waals surface area contributed by atoms with Gasteiger partial charge in [0.1, 0.15) is 11.6 Å². The Bertz CT molecular complexity index is 677. The SMILES string of the molecule is CCc1nc(COC)cc(OCC(=O)NCc2ccc(F)cc2)n1. The number of benzene rings is 1. The molecule has 0 spiro atoms. The number of ether oxygens (including phenoxy) is 2. The van der Waals surface area contributed by atoms with Crippen molar-refractivity contribution < 1.29 is 18.7 Å². The van der Waals surface area contributed by atoms with Crippen LogP contribution in [0.3, 0.4) is 0 Å². The topological polar surface area (TPSA) is 73.3 Å². The van der Waals surface area contributed by atoms with Crippen molar-refractivity contribution in [1.29, 1.82) is 0 Å². The van der Waals surface area contributed by atoms with Crippen LogP contribution in [0.4, 0.5) is 4.39 Å². The Kier molecular flexibility index (Phi) is 6.62. The lowest BCUT2D eigenvalue weighted by Gasteiger charge is -2.09. The standard InChI is InChI=1S/C17H20FN3O3/c1-3-15-20-14(10-23-2)8-17(21-15)24-11-16(22)19-9-12-4-6-13(18)7-5-12/h4-8H,3,9-11H2,1-2H3,(H,19,22). The molecule has 24 heavy (non-hydrogen) atoms. The molecule has 0 saturated carbocycles. The molecule has 2 rings (SSSR count). The second-order valence-electron chi connectivity index (χ2n) is 5.09. The van der Waals surface area contributed by atoms with Crippen LogP contribution in [0.2, 0.25) is 0 Å². The second kappa shape index (κ2) is 8.93. The van der Waals surface area contributed by atoms with E-state index in [-0.39, 0.29) is 18.3 Å². The molecule has 0 aliphatic carbocycles. The summed E-state index contributed by atoms with van der Waals surface area (Å²) in [6.45, 7) is 2.43. The van der Waals surface area contributed by atoms with Crippen molar-refractivity contribution >= 4 is 5.91 Å². The van der Waals surface area contributed by atoms with Crippen molar-refractivity contribution in [2.24, 2.45) is 0 Å². The van der Waals surface area contributed by atoms with Crippen LogP contribution in [0, 0.1) is 5.82 Å². The van der Waals surface area contributed by atoms with E-state index in [1.807, 2.05) is 6.92 Å². The molecule has 1 amide bonds. The van der Waals surface area contributed by atoms with Crippen LogP contribution in [0.15, 0.2) is 30.3 Å². The summed E-state index contributed by atoms with van der Waals surface area (Å²) in [5.74, 6) is 0.372. The lowest BCUT2D eigenvalue weighted by Crippen LogP contribution is -2.28. The number of hydrogen-bond donors (Lipinski definition) is 1. The number of methoxy groups -OCH3 is 1. The third-order valence-electron chi connectivity index (χ3n) is 3.16. The van der Waals surface area contributed by atoms with Crippen LogP contribution in [0.1, 0.15) is 24.0 Å². The van der Waals surface area contributed by atoms with E-state index in [0.29, 0.717) is 37.0 Å². The fraction of sp³-hybridized carbons (Fsp3) is 0.353. The van der Waals surface area contributed by atoms with Gasteiger partial charge in [-0.3, -0.25) is 4.79 Å². The summed E-state index contributed by atoms with van der Waals surface area (Å²) in [5, 5.41) is 2.70. The average Bonchev–Trinajstić information content (AvgIpc) is 2.59. The Balaban J connectivity index is 1.86. The van der Waals surface area contributed by atoms with Crippen LogP contribution in [0.5, 0.6) is 5.88 Å². The van der Waals surface area contributed by atoms with Crippen LogP contribution < -0.4 is 10.1 Å². The van der Waals surface area contributed by atoms with Crippen molar-refractivity contribution in [2.75, 3.05) is 13.7 Å². The van der Waals surface area contributed by atoms with Crippen molar-refractivity contribution in [3.8, 4) is 5.88 Å². The van der Waals surface area contributed by atoms with Gasteiger partial charge in [0.05, 0.1) is 12.3 Å². The summed E-state index contributed by atoms with van der Waals surface area (Å²) in [4.78, 5) is 20.4. The van der Waals surface area contributed by atoms with Gasteiger partial charge in [-0.2, -0.15) is 4.98 Å². The van der Waals surface area contributed by atoms with Gasteiger partial charge in [0.2, 0.25) is 5.88 Å². The van der Waals surface area contributed by atoms with E-state index in [0.717, 1.165) is 5.56 Å². The van der Waals surface area contributed by atoms with Gasteiger partial charge in [-0.05, 0) is 17.7 Å². The minimum atomic E-state index is -0.309. The van der Waals surface area contributed by atoms with E-state index in [2.05, 4.69) is 15.3 Å². The Morgan fingerprint density at radius 1 is 1.25 bits per heavy atom. The molecule has 0 unspecified atom stereocenters. The summed E-state index contributed by atoms with van der Waals surface area (Å²) < 4.78 is 23.3. The summed E-state index contributed by atoms with van der Waals surface area (Å²) in [7, 11) is 1.58. The van der Waals surface area contributed by atoms with E-state index in [1.54, 1.807) is 25.3 Å². The maximum atomic E-state index is 12.8. The molecular formula is C17H20FN3O3. The molecule has 0 fully saturated rings. The molecule has 1 N–H and O–H groups in total. The summed E-state index contributed by atoms with van der Waals surface area (Å²) in [5.41, 5.74) is 1.51. The molecule has 7 heteroatoms. The fourth-order valence-corrected chi connectivity index (χ4v) is 1.97. The zero-order valence-corrected chi connectivity index (χ0v) is 13.7. The Morgan fingerprint density at radius 3 is 2.67 bits per heavy atom. The third kappa shape index (κ3) is 5.58. The number of amides is 1. The molecule has 0 saturated heterocycles. The maximum absolute atomic E-state index is 12.8. The number of aromatic nitrogens is 2. The number of carbonyl (C=O) groups excluding carboxylic acids is 1. The molecule has 0 aliphatic rings. The highest BCUT2D eigenvalue weighted by Gasteiger charge is 2.08. The molecule has 0 atom stereocenters. The quantitative estimate of drug-likeness (QED) is 0.800. The smallest absolute Gasteiger partial charge is 0.258 e. The molecule has 6 nitrogen and oxygen atoms in total. The van der Waals surface area contributed by atoms with E-state index < -0.39 is 0 Å². The van der Waals surface area contributed by atoms with E-state index in [1.165, 1.54) is 12.1 Å². The van der Waals surface area contributed by atoms with Gasteiger partial charge in [0, 0.05) is 26.1 Å². The largest absolute Gasteiger partial charge is 0.467 e. The van der Waals surface area contributed by atoms with Crippen molar-refractivity contribution in [3.05, 3.63) is 53.2 Å². The molecule has 1 aromatic carbocycles. The Morgan fingerprint density at radius 2 is 2.00 bits per heavy atom. The number of nitrogens with one attached hydrogen (secondary N) is 1. The first-order chi connectivity index (χ1) is 11.6. The first-order valence-electron chi connectivity index (χ1n) is 7.60. The highest BCUT2D eigenvalue weighted by atomic mass is 19.1. The second-order valence-corrected chi connectivity index (χ2v) is 5.09. The molecular weight excluding hydrogens is 313 g/mol. The first kappa shape index (κ1) is 17.8. The molecule has 0 bridgehead atoms. The minimum Gasteiger partial charge on any atom is -0.467 e. The predicted octanol–water partition coefficient (Wildman–Crippen LogP) is 2.02. The van der Waals surface area contributed by atoms with Crippen LogP contribution >= 0.6 is 0 Å². The minimum absolute atomic E-state index is 0.159. The normalized spacial score (nSPS) is 10.5. The number of hydrogen-bond acceptors (Lipinski definition) is 5. The van der Waals surface area contributed by atoms with Gasteiger partial charge in [0.25, 0.3) is 5.91 Å². The third-order valence-corrected chi connectivity index (χ3v) is 3.16. The predicted molar refractivity (Wildman–Crippen MR) is 85.9 cm³/mol. The summed E-state index contributed by atoms with van der Waals surface area (Å²) >= 11 is 0. The molecule has 128 valence electrons. The first-order valence-corrected chi connectivity index (χ1v) is 7.60. The molecule has 2 aromatic rings. The summed E-state index contributed by atoms with van der Waals surface area (Å²) in [6, 6.07) is 7.58. The number of rotatable bonds is 8. The van der Waals surface area contributed by atoms with E-state index in [9.17, 15) is 9.18 Å². The average molecular weight is 333 g/mol. The maximum Gasteiger partial charge on any atom is 0.258 e. The van der Waals surface area contributed by atoms with Gasteiger partial charge in [-0.1, -0.05) is 19.1 Å². The number of halogens is 1. The van der Waals surface area contributed by atoms with Crippen molar-refractivity contribution in [3.63, 3.8) is 0 Å². The zero-order valence-electron chi connectivity index (χ0n) is 13.7. The van der Waals surface area contributed by atoms with Gasteiger partial charge in [0.15, 0.2) is 6.61 Å². The molecule has 1 aromatic heterocycles. The number of nitrogens with zero attached hydrogens (tertiary/aromatic N) is 2. The van der Waals surface area contributed by atoms with Crippen LogP contribution in [-0.4, -0.2) is 29.6 Å². The van der Waals surface area contributed by atoms with Crippen LogP contribution in [-0.2, 0) is 29.1 Å². The van der Waals surface area contributed by atoms with Gasteiger partial charge in [-0.25, -0.2) is 9.37 Å². The lowest BCUT2D eigenvalue weighted by molar-refractivity contribution is -0.123. The molecule has 0 radical (unpaired) electrons. The van der Waals surface area contributed by atoms with Gasteiger partial charge >= 0.3 is 0 Å². The monoisotopic (exact) mass is 333 g/mol. The Hall–Kier alpha value is -2.54. The number of aryl methyl sites for hydroxylation is 1. The zero-order chi connectivity index (χ0) is 17.4. The van der Waals surface area contributed by atoms with Crippen molar-refractivity contribution in [2.45, 2.75) is 26.5 Å². The van der Waals surface area contributed by atoms with E-state index in [4.69, 9.17) is 9.47 Å². The number of carbonyl (C=O) groups is 1. The Labute approximate surface area is 140 Å². The van der Waals surface area contributed by atoms with Crippen molar-refractivity contribution in [1.82, 2.24) is 15.3 Å². The van der Waals surface area contributed by atoms with E-state index >= 15 is 0 Å². The van der Waals surface area contributed by atoms with Gasteiger partial charge < -0.3 is 14.8 Å². The fourth-order valence-electron chi connectivity index (χ4n) is 1.97. The van der Waals surface area contributed by atoms with Crippen LogP contribution in [0.25, 0.3) is 0 Å². The van der Waals surface area contributed by atoms with Gasteiger partial charge in [-0.15, -0.1) is 0 Å². The molecule has 0 aliphatic heterocycles. The lowest BCUT2D eigenvalue weighted by atomic mass is 10.2. The summed E-state index contributed by atoms with van der Waals surface area (Å²) in [6.07, 6.45) is 0.657. The highest BCUT2D eigenvalue weighted by Crippen LogP contribution is 2.11. The highest BCUT2D eigenvalue weighted by molar-refractivity contribution is 5.77. The molecule has 1 heterocycles.